The van der Waals surface area contributed by atoms with Crippen LogP contribution >= 0.6 is 0 Å². The molecule has 5 nitrogen and oxygen atoms in total. The molecule has 1 aromatic carbocycles. The van der Waals surface area contributed by atoms with Gasteiger partial charge in [0.05, 0.1) is 13.1 Å². The Hall–Kier alpha value is -1.88. The van der Waals surface area contributed by atoms with E-state index in [0.29, 0.717) is 0 Å². The minimum absolute atomic E-state index is 0.0620. The molecule has 0 spiro atoms. The van der Waals surface area contributed by atoms with Crippen LogP contribution in [0.25, 0.3) is 0 Å². The summed E-state index contributed by atoms with van der Waals surface area (Å²) in [5.74, 6) is -0.591. The van der Waals surface area contributed by atoms with Gasteiger partial charge in [0.15, 0.2) is 0 Å². The Kier molecular flexibility index (Phi) is 5.32. The third-order valence-corrected chi connectivity index (χ3v) is 2.64. The number of para-hydroxylation sites is 1. The van der Waals surface area contributed by atoms with E-state index in [1.165, 1.54) is 0 Å². The van der Waals surface area contributed by atoms with Gasteiger partial charge in [-0.2, -0.15) is 0 Å². The lowest BCUT2D eigenvalue weighted by atomic mass is 10.1. The first-order chi connectivity index (χ1) is 8.58. The molecule has 0 aliphatic heterocycles. The van der Waals surface area contributed by atoms with Gasteiger partial charge in [-0.1, -0.05) is 25.1 Å². The van der Waals surface area contributed by atoms with E-state index >= 15 is 0 Å². The molecule has 0 saturated heterocycles. The van der Waals surface area contributed by atoms with E-state index in [-0.39, 0.29) is 24.9 Å². The Morgan fingerprint density at radius 3 is 2.61 bits per heavy atom. The van der Waals surface area contributed by atoms with Gasteiger partial charge in [-0.25, -0.2) is 0 Å². The Morgan fingerprint density at radius 2 is 2.00 bits per heavy atom. The van der Waals surface area contributed by atoms with Crippen molar-refractivity contribution in [2.45, 2.75) is 20.3 Å². The lowest BCUT2D eigenvalue weighted by Crippen LogP contribution is -2.36. The highest BCUT2D eigenvalue weighted by molar-refractivity contribution is 5.95. The van der Waals surface area contributed by atoms with Crippen LogP contribution in [0.15, 0.2) is 18.2 Å². The van der Waals surface area contributed by atoms with Crippen molar-refractivity contribution >= 4 is 17.5 Å². The SMILES string of the molecule is CCc1cccc(C)c1NC(=O)CNC(=O)CN. The number of carbonyl (C=O) groups excluding carboxylic acids is 2. The summed E-state index contributed by atoms with van der Waals surface area (Å²) < 4.78 is 0. The summed E-state index contributed by atoms with van der Waals surface area (Å²) in [7, 11) is 0. The van der Waals surface area contributed by atoms with Gasteiger partial charge in [0.1, 0.15) is 0 Å². The quantitative estimate of drug-likeness (QED) is 0.713. The van der Waals surface area contributed by atoms with E-state index in [1.54, 1.807) is 0 Å². The van der Waals surface area contributed by atoms with E-state index in [2.05, 4.69) is 10.6 Å². The van der Waals surface area contributed by atoms with Gasteiger partial charge in [0.2, 0.25) is 11.8 Å². The molecule has 0 heterocycles. The number of hydrogen-bond acceptors (Lipinski definition) is 3. The summed E-state index contributed by atoms with van der Waals surface area (Å²) in [6.07, 6.45) is 0.840. The van der Waals surface area contributed by atoms with Crippen molar-refractivity contribution in [1.82, 2.24) is 5.32 Å². The van der Waals surface area contributed by atoms with Crippen molar-refractivity contribution in [2.24, 2.45) is 5.73 Å². The van der Waals surface area contributed by atoms with E-state index in [1.807, 2.05) is 32.0 Å². The van der Waals surface area contributed by atoms with Crippen molar-refractivity contribution in [3.63, 3.8) is 0 Å². The van der Waals surface area contributed by atoms with Crippen molar-refractivity contribution in [3.8, 4) is 0 Å². The van der Waals surface area contributed by atoms with Crippen molar-refractivity contribution in [1.29, 1.82) is 0 Å². The maximum absolute atomic E-state index is 11.7. The summed E-state index contributed by atoms with van der Waals surface area (Å²) in [4.78, 5) is 22.6. The molecule has 0 aliphatic rings. The van der Waals surface area contributed by atoms with Crippen molar-refractivity contribution < 1.29 is 9.59 Å². The van der Waals surface area contributed by atoms with E-state index in [9.17, 15) is 9.59 Å². The van der Waals surface area contributed by atoms with Crippen LogP contribution in [0.1, 0.15) is 18.1 Å². The monoisotopic (exact) mass is 249 g/mol. The molecule has 1 rings (SSSR count). The fourth-order valence-corrected chi connectivity index (χ4v) is 1.64. The zero-order chi connectivity index (χ0) is 13.5. The largest absolute Gasteiger partial charge is 0.346 e. The molecular formula is C13H19N3O2. The molecule has 18 heavy (non-hydrogen) atoms. The second-order valence-corrected chi connectivity index (χ2v) is 3.99. The number of aryl methyl sites for hydroxylation is 2. The molecule has 0 unspecified atom stereocenters. The zero-order valence-corrected chi connectivity index (χ0v) is 10.7. The van der Waals surface area contributed by atoms with Crippen LogP contribution in [0.4, 0.5) is 5.69 Å². The molecule has 98 valence electrons. The number of amides is 2. The van der Waals surface area contributed by atoms with Crippen LogP contribution in [0.5, 0.6) is 0 Å². The van der Waals surface area contributed by atoms with Gasteiger partial charge in [-0.15, -0.1) is 0 Å². The average molecular weight is 249 g/mol. The average Bonchev–Trinajstić information content (AvgIpc) is 2.38. The van der Waals surface area contributed by atoms with Crippen LogP contribution in [0.3, 0.4) is 0 Å². The smallest absolute Gasteiger partial charge is 0.243 e. The van der Waals surface area contributed by atoms with Gasteiger partial charge in [0, 0.05) is 5.69 Å². The third kappa shape index (κ3) is 3.85. The summed E-state index contributed by atoms with van der Waals surface area (Å²) in [5.41, 5.74) is 8.05. The summed E-state index contributed by atoms with van der Waals surface area (Å²) in [5, 5.41) is 5.25. The van der Waals surface area contributed by atoms with Crippen LogP contribution < -0.4 is 16.4 Å². The zero-order valence-electron chi connectivity index (χ0n) is 10.7. The van der Waals surface area contributed by atoms with Crippen molar-refractivity contribution in [2.75, 3.05) is 18.4 Å². The fourth-order valence-electron chi connectivity index (χ4n) is 1.64. The van der Waals surface area contributed by atoms with Gasteiger partial charge >= 0.3 is 0 Å². The highest BCUT2D eigenvalue weighted by Gasteiger charge is 2.09. The minimum Gasteiger partial charge on any atom is -0.346 e. The first-order valence-electron chi connectivity index (χ1n) is 5.93. The maximum Gasteiger partial charge on any atom is 0.243 e. The molecular weight excluding hydrogens is 230 g/mol. The fraction of sp³-hybridized carbons (Fsp3) is 0.385. The Morgan fingerprint density at radius 1 is 1.28 bits per heavy atom. The predicted molar refractivity (Wildman–Crippen MR) is 71.3 cm³/mol. The highest BCUT2D eigenvalue weighted by Crippen LogP contribution is 2.20. The number of anilines is 1. The molecule has 0 atom stereocenters. The van der Waals surface area contributed by atoms with Crippen LogP contribution in [-0.2, 0) is 16.0 Å². The number of rotatable bonds is 5. The number of carbonyl (C=O) groups is 2. The van der Waals surface area contributed by atoms with Crippen LogP contribution in [0.2, 0.25) is 0 Å². The van der Waals surface area contributed by atoms with E-state index in [0.717, 1.165) is 23.2 Å². The number of nitrogens with one attached hydrogen (secondary N) is 2. The predicted octanol–water partition coefficient (Wildman–Crippen LogP) is 0.571. The molecule has 0 fully saturated rings. The molecule has 0 radical (unpaired) electrons. The molecule has 0 aromatic heterocycles. The van der Waals surface area contributed by atoms with Crippen LogP contribution in [-0.4, -0.2) is 24.9 Å². The maximum atomic E-state index is 11.7. The van der Waals surface area contributed by atoms with E-state index in [4.69, 9.17) is 5.73 Å². The number of benzene rings is 1. The topological polar surface area (TPSA) is 84.2 Å². The molecule has 5 heteroatoms. The lowest BCUT2D eigenvalue weighted by Gasteiger charge is -2.13. The van der Waals surface area contributed by atoms with Crippen LogP contribution in [0, 0.1) is 6.92 Å². The second kappa shape index (κ2) is 6.76. The van der Waals surface area contributed by atoms with Gasteiger partial charge in [-0.05, 0) is 24.5 Å². The highest BCUT2D eigenvalue weighted by atomic mass is 16.2. The van der Waals surface area contributed by atoms with Gasteiger partial charge in [-0.3, -0.25) is 9.59 Å². The summed E-state index contributed by atoms with van der Waals surface area (Å²) in [6, 6.07) is 5.87. The van der Waals surface area contributed by atoms with Gasteiger partial charge < -0.3 is 16.4 Å². The lowest BCUT2D eigenvalue weighted by molar-refractivity contribution is -0.123. The molecule has 0 saturated carbocycles. The first-order valence-corrected chi connectivity index (χ1v) is 5.93. The van der Waals surface area contributed by atoms with Gasteiger partial charge in [0.25, 0.3) is 0 Å². The molecule has 2 amide bonds. The standard InChI is InChI=1S/C13H19N3O2/c1-3-10-6-4-5-9(2)13(10)16-12(18)8-15-11(17)7-14/h4-6H,3,7-8,14H2,1-2H3,(H,15,17)(H,16,18). The summed E-state index contributed by atoms with van der Waals surface area (Å²) in [6.45, 7) is 3.79. The Labute approximate surface area is 107 Å². The second-order valence-electron chi connectivity index (χ2n) is 3.99. The molecule has 0 aliphatic carbocycles. The van der Waals surface area contributed by atoms with Crippen molar-refractivity contribution in [3.05, 3.63) is 29.3 Å². The normalized spacial score (nSPS) is 9.94. The Bertz CT molecular complexity index is 444. The first kappa shape index (κ1) is 14.2. The molecule has 1 aromatic rings. The Balaban J connectivity index is 2.67. The minimum atomic E-state index is -0.342. The molecule has 4 N–H and O–H groups in total. The number of nitrogens with two attached hydrogens (primary N) is 1. The third-order valence-electron chi connectivity index (χ3n) is 2.64. The molecule has 0 bridgehead atoms. The number of hydrogen-bond donors (Lipinski definition) is 3. The summed E-state index contributed by atoms with van der Waals surface area (Å²) >= 11 is 0. The van der Waals surface area contributed by atoms with E-state index < -0.39 is 0 Å².